The summed E-state index contributed by atoms with van der Waals surface area (Å²) in [5.74, 6) is 0. The first-order valence-electron chi connectivity index (χ1n) is 5.26. The van der Waals surface area contributed by atoms with Crippen LogP contribution in [0.5, 0.6) is 0 Å². The van der Waals surface area contributed by atoms with Crippen molar-refractivity contribution in [2.45, 2.75) is 31.8 Å². The molecular weight excluding hydrogens is 192 g/mol. The molecule has 0 saturated carbocycles. The fourth-order valence-corrected chi connectivity index (χ4v) is 1.78. The molecule has 1 aromatic rings. The van der Waals surface area contributed by atoms with Crippen LogP contribution < -0.4 is 0 Å². The molecule has 1 heterocycles. The van der Waals surface area contributed by atoms with E-state index in [-0.39, 0.29) is 25.1 Å². The van der Waals surface area contributed by atoms with Crippen molar-refractivity contribution in [3.63, 3.8) is 0 Å². The molecule has 0 radical (unpaired) electrons. The summed E-state index contributed by atoms with van der Waals surface area (Å²) in [5.41, 5.74) is 1.00. The summed E-state index contributed by atoms with van der Waals surface area (Å²) in [6.45, 7) is 2.05. The number of ether oxygens (including phenoxy) is 2. The van der Waals surface area contributed by atoms with Crippen LogP contribution in [0, 0.1) is 0 Å². The van der Waals surface area contributed by atoms with Gasteiger partial charge in [-0.3, -0.25) is 0 Å². The Labute approximate surface area is 89.6 Å². The highest BCUT2D eigenvalue weighted by Crippen LogP contribution is 2.29. The van der Waals surface area contributed by atoms with E-state index < -0.39 is 0 Å². The minimum absolute atomic E-state index is 0.0526. The lowest BCUT2D eigenvalue weighted by atomic mass is 10.1. The molecule has 1 N–H and O–H groups in total. The molecule has 1 saturated heterocycles. The smallest absolute Gasteiger partial charge is 0.184 e. The number of benzene rings is 1. The lowest BCUT2D eigenvalue weighted by molar-refractivity contribution is -0.249. The van der Waals surface area contributed by atoms with Gasteiger partial charge in [0.05, 0.1) is 18.8 Å². The van der Waals surface area contributed by atoms with E-state index in [0.29, 0.717) is 0 Å². The van der Waals surface area contributed by atoms with Crippen molar-refractivity contribution in [1.29, 1.82) is 0 Å². The lowest BCUT2D eigenvalue weighted by Crippen LogP contribution is -2.34. The Balaban J connectivity index is 2.09. The summed E-state index contributed by atoms with van der Waals surface area (Å²) in [4.78, 5) is 0. The van der Waals surface area contributed by atoms with E-state index in [0.717, 1.165) is 12.0 Å². The monoisotopic (exact) mass is 208 g/mol. The lowest BCUT2D eigenvalue weighted by Gasteiger charge is -2.33. The molecule has 2 rings (SSSR count). The van der Waals surface area contributed by atoms with Gasteiger partial charge in [0.25, 0.3) is 0 Å². The molecule has 0 aromatic heterocycles. The number of rotatable bonds is 2. The predicted molar refractivity (Wildman–Crippen MR) is 56.3 cm³/mol. The maximum Gasteiger partial charge on any atom is 0.184 e. The fraction of sp³-hybridized carbons (Fsp3) is 0.500. The van der Waals surface area contributed by atoms with Gasteiger partial charge >= 0.3 is 0 Å². The van der Waals surface area contributed by atoms with Crippen molar-refractivity contribution in [3.8, 4) is 0 Å². The van der Waals surface area contributed by atoms with E-state index in [1.165, 1.54) is 0 Å². The molecule has 15 heavy (non-hydrogen) atoms. The first kappa shape index (κ1) is 10.6. The number of hydrogen-bond donors (Lipinski definition) is 1. The number of hydrogen-bond acceptors (Lipinski definition) is 3. The van der Waals surface area contributed by atoms with Crippen LogP contribution >= 0.6 is 0 Å². The molecule has 3 nitrogen and oxygen atoms in total. The van der Waals surface area contributed by atoms with E-state index in [9.17, 15) is 0 Å². The molecule has 3 atom stereocenters. The van der Waals surface area contributed by atoms with Gasteiger partial charge in [-0.05, 0) is 6.92 Å². The quantitative estimate of drug-likeness (QED) is 0.806. The van der Waals surface area contributed by atoms with Crippen LogP contribution in [0.25, 0.3) is 0 Å². The van der Waals surface area contributed by atoms with Crippen LogP contribution in [0.2, 0.25) is 0 Å². The van der Waals surface area contributed by atoms with Crippen LogP contribution in [-0.2, 0) is 9.47 Å². The number of aliphatic hydroxyl groups is 1. The molecule has 3 heteroatoms. The summed E-state index contributed by atoms with van der Waals surface area (Å²) in [7, 11) is 0. The van der Waals surface area contributed by atoms with Crippen molar-refractivity contribution in [2.24, 2.45) is 0 Å². The van der Waals surface area contributed by atoms with Crippen LogP contribution in [-0.4, -0.2) is 23.9 Å². The second-order valence-electron chi connectivity index (χ2n) is 3.87. The topological polar surface area (TPSA) is 38.7 Å². The fourth-order valence-electron chi connectivity index (χ4n) is 1.78. The van der Waals surface area contributed by atoms with E-state index in [1.54, 1.807) is 0 Å². The Morgan fingerprint density at radius 2 is 2.00 bits per heavy atom. The maximum atomic E-state index is 9.09. The molecule has 82 valence electrons. The first-order valence-corrected chi connectivity index (χ1v) is 5.26. The van der Waals surface area contributed by atoms with Gasteiger partial charge in [-0.15, -0.1) is 0 Å². The Kier molecular flexibility index (Phi) is 3.36. The minimum Gasteiger partial charge on any atom is -0.394 e. The summed E-state index contributed by atoms with van der Waals surface area (Å²) in [6.07, 6.45) is 0.423. The molecule has 1 aromatic carbocycles. The first-order chi connectivity index (χ1) is 7.29. The second kappa shape index (κ2) is 4.75. The normalized spacial score (nSPS) is 31.5. The zero-order valence-corrected chi connectivity index (χ0v) is 8.80. The zero-order chi connectivity index (χ0) is 10.7. The highest BCUT2D eigenvalue weighted by atomic mass is 16.7. The molecule has 0 spiro atoms. The average molecular weight is 208 g/mol. The molecular formula is C12H16O3. The third-order valence-corrected chi connectivity index (χ3v) is 2.54. The van der Waals surface area contributed by atoms with E-state index in [1.807, 2.05) is 37.3 Å². The van der Waals surface area contributed by atoms with Gasteiger partial charge in [-0.25, -0.2) is 0 Å². The van der Waals surface area contributed by atoms with Gasteiger partial charge in [-0.1, -0.05) is 30.3 Å². The van der Waals surface area contributed by atoms with Gasteiger partial charge in [0, 0.05) is 12.0 Å². The molecule has 1 aliphatic rings. The van der Waals surface area contributed by atoms with Gasteiger partial charge in [-0.2, -0.15) is 0 Å². The van der Waals surface area contributed by atoms with Crippen LogP contribution in [0.15, 0.2) is 30.3 Å². The van der Waals surface area contributed by atoms with Crippen molar-refractivity contribution in [2.75, 3.05) is 6.61 Å². The average Bonchev–Trinajstić information content (AvgIpc) is 2.29. The molecule has 0 bridgehead atoms. The van der Waals surface area contributed by atoms with Gasteiger partial charge < -0.3 is 14.6 Å². The SMILES string of the molecule is C[C@H]1C[C@@H](CO)OC(c2ccccc2)O1. The van der Waals surface area contributed by atoms with E-state index in [4.69, 9.17) is 14.6 Å². The number of aliphatic hydroxyl groups excluding tert-OH is 1. The Hall–Kier alpha value is -0.900. The van der Waals surface area contributed by atoms with Crippen molar-refractivity contribution < 1.29 is 14.6 Å². The van der Waals surface area contributed by atoms with Crippen molar-refractivity contribution in [3.05, 3.63) is 35.9 Å². The summed E-state index contributed by atoms with van der Waals surface area (Å²) in [5, 5.41) is 9.09. The standard InChI is InChI=1S/C12H16O3/c1-9-7-11(8-13)15-12(14-9)10-5-3-2-4-6-10/h2-6,9,11-13H,7-8H2,1H3/t9-,11-,12?/m0/s1. The zero-order valence-electron chi connectivity index (χ0n) is 8.80. The molecule has 1 aliphatic heterocycles. The second-order valence-corrected chi connectivity index (χ2v) is 3.87. The molecule has 0 aliphatic carbocycles. The third-order valence-electron chi connectivity index (χ3n) is 2.54. The maximum absolute atomic E-state index is 9.09. The van der Waals surface area contributed by atoms with Gasteiger partial charge in [0.15, 0.2) is 6.29 Å². The van der Waals surface area contributed by atoms with Gasteiger partial charge in [0.1, 0.15) is 0 Å². The molecule has 1 fully saturated rings. The van der Waals surface area contributed by atoms with Crippen LogP contribution in [0.1, 0.15) is 25.2 Å². The summed E-state index contributed by atoms with van der Waals surface area (Å²) in [6, 6.07) is 9.80. The van der Waals surface area contributed by atoms with Crippen molar-refractivity contribution in [1.82, 2.24) is 0 Å². The largest absolute Gasteiger partial charge is 0.394 e. The molecule has 0 amide bonds. The highest BCUT2D eigenvalue weighted by molar-refractivity contribution is 5.16. The van der Waals surface area contributed by atoms with Gasteiger partial charge in [0.2, 0.25) is 0 Å². The minimum atomic E-state index is -0.341. The Bertz CT molecular complexity index is 299. The molecule has 1 unspecified atom stereocenters. The highest BCUT2D eigenvalue weighted by Gasteiger charge is 2.27. The summed E-state index contributed by atoms with van der Waals surface area (Å²) < 4.78 is 11.3. The van der Waals surface area contributed by atoms with Crippen LogP contribution in [0.4, 0.5) is 0 Å². The van der Waals surface area contributed by atoms with E-state index >= 15 is 0 Å². The third kappa shape index (κ3) is 2.56. The Morgan fingerprint density at radius 3 is 2.67 bits per heavy atom. The summed E-state index contributed by atoms with van der Waals surface area (Å²) >= 11 is 0. The predicted octanol–water partition coefficient (Wildman–Crippen LogP) is 1.87. The van der Waals surface area contributed by atoms with E-state index in [2.05, 4.69) is 0 Å². The Morgan fingerprint density at radius 1 is 1.27 bits per heavy atom. The van der Waals surface area contributed by atoms with Crippen LogP contribution in [0.3, 0.4) is 0 Å². The van der Waals surface area contributed by atoms with Crippen molar-refractivity contribution >= 4 is 0 Å².